The number of aromatic nitrogens is 1. The van der Waals surface area contributed by atoms with Gasteiger partial charge in [-0.1, -0.05) is 25.0 Å². The summed E-state index contributed by atoms with van der Waals surface area (Å²) in [7, 11) is 0. The second-order valence-electron chi connectivity index (χ2n) is 7.72. The molecule has 0 radical (unpaired) electrons. The van der Waals surface area contributed by atoms with Crippen molar-refractivity contribution in [2.24, 2.45) is 5.92 Å². The molecule has 162 valence electrons. The molecule has 1 aliphatic carbocycles. The average molecular weight is 451 g/mol. The van der Waals surface area contributed by atoms with Crippen molar-refractivity contribution >= 4 is 42.3 Å². The monoisotopic (exact) mass is 450 g/mol. The summed E-state index contributed by atoms with van der Waals surface area (Å²) in [6.07, 6.45) is 9.12. The van der Waals surface area contributed by atoms with Crippen LogP contribution in [0, 0.1) is 5.92 Å². The Kier molecular flexibility index (Phi) is 9.08. The summed E-state index contributed by atoms with van der Waals surface area (Å²) in [5, 5.41) is 9.40. The summed E-state index contributed by atoms with van der Waals surface area (Å²) in [5.74, 6) is 0.554. The minimum atomic E-state index is -0.192. The lowest BCUT2D eigenvalue weighted by molar-refractivity contribution is -0.123. The molecule has 30 heavy (non-hydrogen) atoms. The van der Waals surface area contributed by atoms with Crippen molar-refractivity contribution in [3.05, 3.63) is 59.9 Å². The molecule has 2 aliphatic rings. The van der Waals surface area contributed by atoms with E-state index in [4.69, 9.17) is 0 Å². The standard InChI is InChI=1S/C22H26N4O2.2ClH/c27-21(17-5-3-11-23-14-17)25-18-9-7-15(8-10-18)13-24-22(28)20-12-16-4-1-2-6-19(16)26-20;;/h3,5,7-11,14,16,19-20,26H,1-2,4,6,12-13H2,(H,24,28)(H,25,27);2*1H. The maximum Gasteiger partial charge on any atom is 0.257 e. The number of halogens is 2. The number of fused-ring (bicyclic) bond motifs is 1. The number of nitrogens with one attached hydrogen (secondary N) is 3. The predicted octanol–water partition coefficient (Wildman–Crippen LogP) is 3.71. The fraction of sp³-hybridized carbons (Fsp3) is 0.409. The zero-order chi connectivity index (χ0) is 19.3. The molecule has 0 bridgehead atoms. The zero-order valence-electron chi connectivity index (χ0n) is 16.7. The third-order valence-corrected chi connectivity index (χ3v) is 5.78. The third-order valence-electron chi connectivity index (χ3n) is 5.78. The maximum atomic E-state index is 12.5. The number of pyridine rings is 1. The minimum absolute atomic E-state index is 0. The van der Waals surface area contributed by atoms with Crippen LogP contribution >= 0.6 is 24.8 Å². The maximum absolute atomic E-state index is 12.5. The number of anilines is 1. The Bertz CT molecular complexity index is 819. The van der Waals surface area contributed by atoms with Crippen LogP contribution in [0.5, 0.6) is 0 Å². The van der Waals surface area contributed by atoms with Crippen LogP contribution in [-0.2, 0) is 11.3 Å². The van der Waals surface area contributed by atoms with Gasteiger partial charge in [0, 0.05) is 30.7 Å². The van der Waals surface area contributed by atoms with Crippen LogP contribution in [0.1, 0.15) is 48.0 Å². The Morgan fingerprint density at radius 1 is 1.07 bits per heavy atom. The van der Waals surface area contributed by atoms with Crippen molar-refractivity contribution in [3.63, 3.8) is 0 Å². The molecule has 0 spiro atoms. The van der Waals surface area contributed by atoms with Crippen LogP contribution in [0.25, 0.3) is 0 Å². The Labute approximate surface area is 189 Å². The molecule has 2 amide bonds. The van der Waals surface area contributed by atoms with Crippen molar-refractivity contribution in [1.82, 2.24) is 15.6 Å². The molecular weight excluding hydrogens is 423 g/mol. The second kappa shape index (κ2) is 11.3. The predicted molar refractivity (Wildman–Crippen MR) is 122 cm³/mol. The van der Waals surface area contributed by atoms with Crippen LogP contribution in [0.3, 0.4) is 0 Å². The molecule has 2 heterocycles. The Morgan fingerprint density at radius 3 is 2.53 bits per heavy atom. The Hall–Kier alpha value is -2.15. The number of carbonyl (C=O) groups is 2. The van der Waals surface area contributed by atoms with E-state index in [1.54, 1.807) is 18.3 Å². The topological polar surface area (TPSA) is 83.1 Å². The van der Waals surface area contributed by atoms with Gasteiger partial charge in [-0.15, -0.1) is 24.8 Å². The van der Waals surface area contributed by atoms with E-state index >= 15 is 0 Å². The average Bonchev–Trinajstić information content (AvgIpc) is 3.18. The van der Waals surface area contributed by atoms with Gasteiger partial charge < -0.3 is 16.0 Å². The first-order valence-corrected chi connectivity index (χ1v) is 10.0. The first-order chi connectivity index (χ1) is 13.7. The number of nitrogens with zero attached hydrogens (tertiary/aromatic N) is 1. The summed E-state index contributed by atoms with van der Waals surface area (Å²) in [4.78, 5) is 28.6. The van der Waals surface area contributed by atoms with Crippen LogP contribution in [0.2, 0.25) is 0 Å². The van der Waals surface area contributed by atoms with Gasteiger partial charge in [0.25, 0.3) is 5.91 Å². The van der Waals surface area contributed by atoms with Gasteiger partial charge in [-0.05, 0) is 55.0 Å². The smallest absolute Gasteiger partial charge is 0.257 e. The van der Waals surface area contributed by atoms with E-state index in [-0.39, 0.29) is 42.7 Å². The lowest BCUT2D eigenvalue weighted by Gasteiger charge is -2.24. The number of rotatable bonds is 5. The number of hydrogen-bond donors (Lipinski definition) is 3. The summed E-state index contributed by atoms with van der Waals surface area (Å²) >= 11 is 0. The molecule has 1 aliphatic heterocycles. The molecule has 2 fully saturated rings. The molecule has 3 unspecified atom stereocenters. The summed E-state index contributed by atoms with van der Waals surface area (Å²) in [6.45, 7) is 0.489. The largest absolute Gasteiger partial charge is 0.351 e. The van der Waals surface area contributed by atoms with Crippen molar-refractivity contribution in [1.29, 1.82) is 0 Å². The van der Waals surface area contributed by atoms with Gasteiger partial charge in [0.2, 0.25) is 5.91 Å². The highest BCUT2D eigenvalue weighted by atomic mass is 35.5. The highest BCUT2D eigenvalue weighted by Gasteiger charge is 2.37. The summed E-state index contributed by atoms with van der Waals surface area (Å²) in [5.41, 5.74) is 2.23. The van der Waals surface area contributed by atoms with E-state index in [9.17, 15) is 9.59 Å². The van der Waals surface area contributed by atoms with Crippen LogP contribution in [0.15, 0.2) is 48.8 Å². The van der Waals surface area contributed by atoms with Crippen LogP contribution in [-0.4, -0.2) is 28.9 Å². The first kappa shape index (κ1) is 24.1. The Balaban J connectivity index is 0.00000160. The van der Waals surface area contributed by atoms with E-state index < -0.39 is 0 Å². The van der Waals surface area contributed by atoms with Gasteiger partial charge in [-0.2, -0.15) is 0 Å². The molecule has 3 atom stereocenters. The van der Waals surface area contributed by atoms with Crippen LogP contribution in [0.4, 0.5) is 5.69 Å². The lowest BCUT2D eigenvalue weighted by Crippen LogP contribution is -2.42. The van der Waals surface area contributed by atoms with Crippen LogP contribution < -0.4 is 16.0 Å². The number of benzene rings is 1. The minimum Gasteiger partial charge on any atom is -0.351 e. The van der Waals surface area contributed by atoms with Crippen molar-refractivity contribution in [2.45, 2.75) is 50.7 Å². The van der Waals surface area contributed by atoms with Gasteiger partial charge in [-0.3, -0.25) is 14.6 Å². The third kappa shape index (κ3) is 5.94. The summed E-state index contributed by atoms with van der Waals surface area (Å²) < 4.78 is 0. The van der Waals surface area contributed by atoms with Gasteiger partial charge in [0.05, 0.1) is 11.6 Å². The molecule has 8 heteroatoms. The van der Waals surface area contributed by atoms with E-state index in [1.807, 2.05) is 24.3 Å². The van der Waals surface area contributed by atoms with Crippen molar-refractivity contribution in [3.8, 4) is 0 Å². The molecule has 1 aromatic carbocycles. The van der Waals surface area contributed by atoms with E-state index in [0.29, 0.717) is 29.8 Å². The second-order valence-corrected chi connectivity index (χ2v) is 7.72. The molecule has 2 aromatic rings. The quantitative estimate of drug-likeness (QED) is 0.647. The van der Waals surface area contributed by atoms with Gasteiger partial charge in [-0.25, -0.2) is 0 Å². The fourth-order valence-electron chi connectivity index (χ4n) is 4.24. The van der Waals surface area contributed by atoms with Gasteiger partial charge in [0.15, 0.2) is 0 Å². The SMILES string of the molecule is Cl.Cl.O=C(Nc1ccc(CNC(=O)C2CC3CCCCC3N2)cc1)c1cccnc1. The molecule has 1 saturated heterocycles. The highest BCUT2D eigenvalue weighted by Crippen LogP contribution is 2.33. The molecular formula is C22H28Cl2N4O2. The zero-order valence-corrected chi connectivity index (χ0v) is 18.3. The summed E-state index contributed by atoms with van der Waals surface area (Å²) in [6, 6.07) is 11.4. The lowest BCUT2D eigenvalue weighted by atomic mass is 9.85. The fourth-order valence-corrected chi connectivity index (χ4v) is 4.24. The Morgan fingerprint density at radius 2 is 1.83 bits per heavy atom. The van der Waals surface area contributed by atoms with Gasteiger partial charge in [0.1, 0.15) is 0 Å². The number of carbonyl (C=O) groups excluding carboxylic acids is 2. The van der Waals surface area contributed by atoms with Crippen molar-refractivity contribution < 1.29 is 9.59 Å². The molecule has 1 aromatic heterocycles. The van der Waals surface area contributed by atoms with E-state index in [2.05, 4.69) is 20.9 Å². The molecule has 3 N–H and O–H groups in total. The molecule has 4 rings (SSSR count). The molecule has 6 nitrogen and oxygen atoms in total. The number of hydrogen-bond acceptors (Lipinski definition) is 4. The highest BCUT2D eigenvalue weighted by molar-refractivity contribution is 6.04. The van der Waals surface area contributed by atoms with Gasteiger partial charge >= 0.3 is 0 Å². The first-order valence-electron chi connectivity index (χ1n) is 10.0. The van der Waals surface area contributed by atoms with Crippen molar-refractivity contribution in [2.75, 3.05) is 5.32 Å². The normalized spacial score (nSPS) is 22.1. The molecule has 1 saturated carbocycles. The van der Waals surface area contributed by atoms with E-state index in [0.717, 1.165) is 12.0 Å². The number of amides is 2. The van der Waals surface area contributed by atoms with E-state index in [1.165, 1.54) is 31.9 Å².